The summed E-state index contributed by atoms with van der Waals surface area (Å²) < 4.78 is 7.25. The number of hydrogen-bond donors (Lipinski definition) is 1. The molecule has 1 saturated heterocycles. The molecule has 1 aliphatic rings. The fourth-order valence-electron chi connectivity index (χ4n) is 2.18. The molecule has 1 fully saturated rings. The molecule has 7 heteroatoms. The summed E-state index contributed by atoms with van der Waals surface area (Å²) in [6, 6.07) is 0. The topological polar surface area (TPSA) is 82.2 Å². The Labute approximate surface area is 105 Å². The molecule has 0 aromatic carbocycles. The van der Waals surface area contributed by atoms with Crippen LogP contribution in [0.15, 0.2) is 0 Å². The van der Waals surface area contributed by atoms with Crippen LogP contribution in [-0.2, 0) is 13.5 Å². The molecule has 0 atom stereocenters. The number of rotatable bonds is 4. The van der Waals surface area contributed by atoms with E-state index in [0.29, 0.717) is 12.1 Å². The minimum absolute atomic E-state index is 0.0125. The standard InChI is InChI=1S/C11H18N4O3/c1-3-9-10(15(16)17)11(14(2)13-9)18-8-4-6-12-7-5-8/h8,12H,3-7H2,1-2H3. The Morgan fingerprint density at radius 3 is 2.78 bits per heavy atom. The van der Waals surface area contributed by atoms with E-state index in [4.69, 9.17) is 4.74 Å². The molecule has 0 bridgehead atoms. The average Bonchev–Trinajstić information content (AvgIpc) is 2.67. The van der Waals surface area contributed by atoms with E-state index in [-0.39, 0.29) is 17.7 Å². The van der Waals surface area contributed by atoms with E-state index < -0.39 is 4.92 Å². The molecular formula is C11H18N4O3. The third kappa shape index (κ3) is 2.45. The smallest absolute Gasteiger partial charge is 0.353 e. The SMILES string of the molecule is CCc1nn(C)c(OC2CCNCC2)c1[N+](=O)[O-]. The van der Waals surface area contributed by atoms with Gasteiger partial charge < -0.3 is 10.1 Å². The van der Waals surface area contributed by atoms with Gasteiger partial charge in [-0.05, 0) is 32.4 Å². The molecule has 0 radical (unpaired) electrons. The summed E-state index contributed by atoms with van der Waals surface area (Å²) in [6.07, 6.45) is 2.29. The summed E-state index contributed by atoms with van der Waals surface area (Å²) in [5.41, 5.74) is 0.491. The predicted octanol–water partition coefficient (Wildman–Crippen LogP) is 1.02. The van der Waals surface area contributed by atoms with E-state index in [1.165, 1.54) is 4.68 Å². The normalized spacial score (nSPS) is 16.8. The zero-order chi connectivity index (χ0) is 13.1. The highest BCUT2D eigenvalue weighted by Crippen LogP contribution is 2.32. The fourth-order valence-corrected chi connectivity index (χ4v) is 2.18. The van der Waals surface area contributed by atoms with Crippen LogP contribution in [0.3, 0.4) is 0 Å². The van der Waals surface area contributed by atoms with Crippen molar-refractivity contribution < 1.29 is 9.66 Å². The maximum absolute atomic E-state index is 11.1. The molecule has 2 rings (SSSR count). The van der Waals surface area contributed by atoms with Gasteiger partial charge >= 0.3 is 5.69 Å². The molecule has 1 N–H and O–H groups in total. The molecule has 1 aromatic rings. The van der Waals surface area contributed by atoms with Crippen LogP contribution in [0.4, 0.5) is 5.69 Å². The summed E-state index contributed by atoms with van der Waals surface area (Å²) >= 11 is 0. The Morgan fingerprint density at radius 2 is 2.22 bits per heavy atom. The molecule has 100 valence electrons. The zero-order valence-electron chi connectivity index (χ0n) is 10.7. The van der Waals surface area contributed by atoms with Gasteiger partial charge in [0, 0.05) is 7.05 Å². The maximum Gasteiger partial charge on any atom is 0.353 e. The lowest BCUT2D eigenvalue weighted by atomic mass is 10.1. The zero-order valence-corrected chi connectivity index (χ0v) is 10.7. The summed E-state index contributed by atoms with van der Waals surface area (Å²) in [5, 5.41) is 18.5. The molecule has 7 nitrogen and oxygen atoms in total. The maximum atomic E-state index is 11.1. The summed E-state index contributed by atoms with van der Waals surface area (Å²) in [6.45, 7) is 3.62. The average molecular weight is 254 g/mol. The molecule has 1 aliphatic heterocycles. The van der Waals surface area contributed by atoms with Crippen LogP contribution in [-0.4, -0.2) is 33.9 Å². The molecule has 0 saturated carbocycles. The van der Waals surface area contributed by atoms with Gasteiger partial charge in [-0.15, -0.1) is 0 Å². The third-order valence-corrected chi connectivity index (χ3v) is 3.12. The number of hydrogen-bond acceptors (Lipinski definition) is 5. The Bertz CT molecular complexity index is 438. The monoisotopic (exact) mass is 254 g/mol. The van der Waals surface area contributed by atoms with Crippen LogP contribution < -0.4 is 10.1 Å². The molecule has 0 aliphatic carbocycles. The van der Waals surface area contributed by atoms with Gasteiger partial charge in [0.05, 0.1) is 4.92 Å². The van der Waals surface area contributed by atoms with Gasteiger partial charge in [-0.25, -0.2) is 4.68 Å². The summed E-state index contributed by atoms with van der Waals surface area (Å²) in [4.78, 5) is 10.7. The first-order valence-electron chi connectivity index (χ1n) is 6.21. The van der Waals surface area contributed by atoms with Crippen molar-refractivity contribution in [2.24, 2.45) is 7.05 Å². The Hall–Kier alpha value is -1.63. The first kappa shape index (κ1) is 12.8. The van der Waals surface area contributed by atoms with Crippen LogP contribution in [0.25, 0.3) is 0 Å². The van der Waals surface area contributed by atoms with Crippen molar-refractivity contribution in [2.75, 3.05) is 13.1 Å². The Balaban J connectivity index is 2.25. The van der Waals surface area contributed by atoms with Crippen LogP contribution in [0.1, 0.15) is 25.5 Å². The highest BCUT2D eigenvalue weighted by atomic mass is 16.6. The number of aromatic nitrogens is 2. The van der Waals surface area contributed by atoms with E-state index in [1.807, 2.05) is 6.92 Å². The van der Waals surface area contributed by atoms with E-state index in [9.17, 15) is 10.1 Å². The quantitative estimate of drug-likeness (QED) is 0.640. The summed E-state index contributed by atoms with van der Waals surface area (Å²) in [5.74, 6) is 0.281. The lowest BCUT2D eigenvalue weighted by molar-refractivity contribution is -0.386. The van der Waals surface area contributed by atoms with Gasteiger partial charge in [0.2, 0.25) is 0 Å². The molecule has 0 spiro atoms. The molecule has 0 amide bonds. The van der Waals surface area contributed by atoms with E-state index in [0.717, 1.165) is 25.9 Å². The van der Waals surface area contributed by atoms with Crippen molar-refractivity contribution in [1.82, 2.24) is 15.1 Å². The van der Waals surface area contributed by atoms with Gasteiger partial charge in [0.1, 0.15) is 11.8 Å². The first-order valence-corrected chi connectivity index (χ1v) is 6.21. The van der Waals surface area contributed by atoms with E-state index in [2.05, 4.69) is 10.4 Å². The van der Waals surface area contributed by atoms with Gasteiger partial charge in [0.15, 0.2) is 0 Å². The number of nitro groups is 1. The van der Waals surface area contributed by atoms with Crippen molar-refractivity contribution in [1.29, 1.82) is 0 Å². The van der Waals surface area contributed by atoms with Gasteiger partial charge in [-0.2, -0.15) is 5.10 Å². The number of nitrogens with one attached hydrogen (secondary N) is 1. The van der Waals surface area contributed by atoms with Crippen molar-refractivity contribution in [3.63, 3.8) is 0 Å². The third-order valence-electron chi connectivity index (χ3n) is 3.12. The van der Waals surface area contributed by atoms with Crippen molar-refractivity contribution >= 4 is 5.69 Å². The van der Waals surface area contributed by atoms with Gasteiger partial charge in [-0.3, -0.25) is 10.1 Å². The summed E-state index contributed by atoms with van der Waals surface area (Å²) in [7, 11) is 1.68. The first-order chi connectivity index (χ1) is 8.63. The van der Waals surface area contributed by atoms with Crippen LogP contribution in [0.2, 0.25) is 0 Å². The van der Waals surface area contributed by atoms with Crippen molar-refractivity contribution in [3.05, 3.63) is 15.8 Å². The number of aryl methyl sites for hydroxylation is 2. The second-order valence-electron chi connectivity index (χ2n) is 4.40. The number of piperidine rings is 1. The molecule has 18 heavy (non-hydrogen) atoms. The number of ether oxygens (including phenoxy) is 1. The van der Waals surface area contributed by atoms with E-state index in [1.54, 1.807) is 7.05 Å². The molecule has 1 aromatic heterocycles. The lowest BCUT2D eigenvalue weighted by Gasteiger charge is -2.23. The second-order valence-corrected chi connectivity index (χ2v) is 4.40. The Morgan fingerprint density at radius 1 is 1.56 bits per heavy atom. The molecular weight excluding hydrogens is 236 g/mol. The second kappa shape index (κ2) is 5.34. The van der Waals surface area contributed by atoms with Gasteiger partial charge in [0.25, 0.3) is 5.88 Å². The minimum atomic E-state index is -0.401. The lowest BCUT2D eigenvalue weighted by Crippen LogP contribution is -2.34. The highest BCUT2D eigenvalue weighted by molar-refractivity contribution is 5.46. The van der Waals surface area contributed by atoms with Gasteiger partial charge in [-0.1, -0.05) is 6.92 Å². The number of nitrogens with zero attached hydrogens (tertiary/aromatic N) is 3. The van der Waals surface area contributed by atoms with E-state index >= 15 is 0 Å². The predicted molar refractivity (Wildman–Crippen MR) is 65.8 cm³/mol. The Kier molecular flexibility index (Phi) is 3.81. The highest BCUT2D eigenvalue weighted by Gasteiger charge is 2.29. The van der Waals surface area contributed by atoms with Crippen molar-refractivity contribution in [2.45, 2.75) is 32.3 Å². The van der Waals surface area contributed by atoms with Crippen LogP contribution in [0.5, 0.6) is 5.88 Å². The fraction of sp³-hybridized carbons (Fsp3) is 0.727. The van der Waals surface area contributed by atoms with Crippen molar-refractivity contribution in [3.8, 4) is 5.88 Å². The molecule has 2 heterocycles. The van der Waals surface area contributed by atoms with Crippen LogP contribution >= 0.6 is 0 Å². The minimum Gasteiger partial charge on any atom is -0.470 e. The largest absolute Gasteiger partial charge is 0.470 e. The van der Waals surface area contributed by atoms with Crippen LogP contribution in [0, 0.1) is 10.1 Å². The molecule has 0 unspecified atom stereocenters.